The van der Waals surface area contributed by atoms with E-state index in [1.807, 2.05) is 0 Å². The molecule has 0 saturated heterocycles. The van der Waals surface area contributed by atoms with Crippen molar-refractivity contribution in [1.29, 1.82) is 0 Å². The van der Waals surface area contributed by atoms with Gasteiger partial charge in [0.2, 0.25) is 5.91 Å². The largest absolute Gasteiger partial charge is 0.354 e. The maximum Gasteiger partial charge on any atom is 0.239 e. The van der Waals surface area contributed by atoms with Crippen molar-refractivity contribution in [3.63, 3.8) is 0 Å². The van der Waals surface area contributed by atoms with E-state index in [2.05, 4.69) is 41.7 Å². The number of carbonyl (C=O) groups is 1. The minimum Gasteiger partial charge on any atom is -0.354 e. The van der Waals surface area contributed by atoms with Gasteiger partial charge in [-0.1, -0.05) is 13.8 Å². The molecule has 0 heterocycles. The molecule has 0 aromatic carbocycles. The van der Waals surface area contributed by atoms with E-state index in [0.717, 1.165) is 12.8 Å². The predicted octanol–water partition coefficient (Wildman–Crippen LogP) is 1.09. The number of nitrogens with one attached hydrogen (secondary N) is 3. The summed E-state index contributed by atoms with van der Waals surface area (Å²) < 4.78 is 0. The molecule has 18 heavy (non-hydrogen) atoms. The molecule has 0 spiro atoms. The molecule has 1 atom stereocenters. The van der Waals surface area contributed by atoms with Crippen LogP contribution < -0.4 is 16.0 Å². The minimum atomic E-state index is 0. The van der Waals surface area contributed by atoms with Crippen LogP contribution in [0.25, 0.3) is 0 Å². The van der Waals surface area contributed by atoms with Crippen molar-refractivity contribution in [2.75, 3.05) is 13.6 Å². The van der Waals surface area contributed by atoms with Gasteiger partial charge in [0.05, 0.1) is 6.54 Å². The van der Waals surface area contributed by atoms with Crippen LogP contribution in [0, 0.1) is 5.92 Å². The van der Waals surface area contributed by atoms with E-state index < -0.39 is 0 Å². The summed E-state index contributed by atoms with van der Waals surface area (Å²) in [6, 6.07) is 0.738. The summed E-state index contributed by atoms with van der Waals surface area (Å²) in [6.07, 6.45) is 2.23. The molecule has 1 aliphatic rings. The Morgan fingerprint density at radius 3 is 2.39 bits per heavy atom. The standard InChI is InChI=1S/C12H24N4O.HI/c1-8(2)9(3)15-12(13-4)14-7-11(17)16-10-5-6-10;/h8-10H,5-7H2,1-4H3,(H,16,17)(H2,13,14,15);1H. The van der Waals surface area contributed by atoms with Crippen molar-refractivity contribution < 1.29 is 4.79 Å². The van der Waals surface area contributed by atoms with Gasteiger partial charge in [0.15, 0.2) is 5.96 Å². The highest BCUT2D eigenvalue weighted by Gasteiger charge is 2.23. The van der Waals surface area contributed by atoms with Gasteiger partial charge in [-0.25, -0.2) is 0 Å². The number of hydrogen-bond donors (Lipinski definition) is 3. The molecule has 1 aliphatic carbocycles. The molecule has 0 bridgehead atoms. The first-order chi connectivity index (χ1) is 8.02. The molecule has 1 saturated carbocycles. The molecule has 0 radical (unpaired) electrons. The van der Waals surface area contributed by atoms with Gasteiger partial charge in [0, 0.05) is 19.1 Å². The normalized spacial score (nSPS) is 16.8. The number of guanidine groups is 1. The number of rotatable bonds is 5. The van der Waals surface area contributed by atoms with E-state index in [9.17, 15) is 4.79 Å². The average Bonchev–Trinajstić information content (AvgIpc) is 3.07. The van der Waals surface area contributed by atoms with Crippen molar-refractivity contribution in [3.05, 3.63) is 0 Å². The van der Waals surface area contributed by atoms with Crippen LogP contribution in [-0.2, 0) is 4.79 Å². The smallest absolute Gasteiger partial charge is 0.239 e. The maximum absolute atomic E-state index is 11.5. The van der Waals surface area contributed by atoms with Crippen LogP contribution in [0.15, 0.2) is 4.99 Å². The fourth-order valence-electron chi connectivity index (χ4n) is 1.25. The third-order valence-corrected chi connectivity index (χ3v) is 2.95. The summed E-state index contributed by atoms with van der Waals surface area (Å²) in [4.78, 5) is 15.6. The summed E-state index contributed by atoms with van der Waals surface area (Å²) in [6.45, 7) is 6.66. The quantitative estimate of drug-likeness (QED) is 0.387. The zero-order chi connectivity index (χ0) is 12.8. The summed E-state index contributed by atoms with van der Waals surface area (Å²) in [5, 5.41) is 9.19. The van der Waals surface area contributed by atoms with Gasteiger partial charge in [0.1, 0.15) is 0 Å². The van der Waals surface area contributed by atoms with E-state index in [-0.39, 0.29) is 36.4 Å². The van der Waals surface area contributed by atoms with Crippen molar-refractivity contribution in [2.24, 2.45) is 10.9 Å². The SMILES string of the molecule is CN=C(NCC(=O)NC1CC1)NC(C)C(C)C.I. The lowest BCUT2D eigenvalue weighted by Gasteiger charge is -2.20. The molecule has 1 fully saturated rings. The molecule has 1 amide bonds. The molecular formula is C12H25IN4O. The predicted molar refractivity (Wildman–Crippen MR) is 85.4 cm³/mol. The van der Waals surface area contributed by atoms with E-state index in [1.54, 1.807) is 7.05 Å². The molecule has 0 aliphatic heterocycles. The third kappa shape index (κ3) is 7.03. The Labute approximate surface area is 127 Å². The van der Waals surface area contributed by atoms with Crippen LogP contribution in [0.4, 0.5) is 0 Å². The number of aliphatic imine (C=N–C) groups is 1. The van der Waals surface area contributed by atoms with E-state index >= 15 is 0 Å². The first kappa shape index (κ1) is 17.5. The van der Waals surface area contributed by atoms with Crippen LogP contribution in [0.3, 0.4) is 0 Å². The molecule has 106 valence electrons. The minimum absolute atomic E-state index is 0. The summed E-state index contributed by atoms with van der Waals surface area (Å²) >= 11 is 0. The monoisotopic (exact) mass is 368 g/mol. The summed E-state index contributed by atoms with van der Waals surface area (Å²) in [5.74, 6) is 1.23. The van der Waals surface area contributed by atoms with Crippen molar-refractivity contribution in [2.45, 2.75) is 45.7 Å². The maximum atomic E-state index is 11.5. The van der Waals surface area contributed by atoms with Gasteiger partial charge < -0.3 is 16.0 Å². The van der Waals surface area contributed by atoms with Crippen LogP contribution in [0.5, 0.6) is 0 Å². The number of halogens is 1. The Morgan fingerprint density at radius 2 is 1.94 bits per heavy atom. The van der Waals surface area contributed by atoms with Gasteiger partial charge in [-0.15, -0.1) is 24.0 Å². The van der Waals surface area contributed by atoms with Crippen molar-refractivity contribution in [3.8, 4) is 0 Å². The fraction of sp³-hybridized carbons (Fsp3) is 0.833. The van der Waals surface area contributed by atoms with Crippen LogP contribution >= 0.6 is 24.0 Å². The highest BCUT2D eigenvalue weighted by atomic mass is 127. The fourth-order valence-corrected chi connectivity index (χ4v) is 1.25. The highest BCUT2D eigenvalue weighted by Crippen LogP contribution is 2.18. The second-order valence-electron chi connectivity index (χ2n) is 4.94. The highest BCUT2D eigenvalue weighted by molar-refractivity contribution is 14.0. The van der Waals surface area contributed by atoms with Crippen LogP contribution in [-0.4, -0.2) is 37.5 Å². The molecular weight excluding hydrogens is 343 g/mol. The Kier molecular flexibility index (Phi) is 8.30. The van der Waals surface area contributed by atoms with E-state index in [0.29, 0.717) is 24.0 Å². The van der Waals surface area contributed by atoms with Gasteiger partial charge >= 0.3 is 0 Å². The van der Waals surface area contributed by atoms with Gasteiger partial charge in [-0.05, 0) is 25.7 Å². The van der Waals surface area contributed by atoms with E-state index in [4.69, 9.17) is 0 Å². The number of amides is 1. The number of hydrogen-bond acceptors (Lipinski definition) is 2. The Hall–Kier alpha value is -0.530. The second kappa shape index (κ2) is 8.55. The summed E-state index contributed by atoms with van der Waals surface area (Å²) in [7, 11) is 1.71. The Balaban J connectivity index is 0.00000289. The topological polar surface area (TPSA) is 65.5 Å². The van der Waals surface area contributed by atoms with Crippen molar-refractivity contribution >= 4 is 35.8 Å². The molecule has 1 rings (SSSR count). The van der Waals surface area contributed by atoms with Gasteiger partial charge in [-0.3, -0.25) is 9.79 Å². The molecule has 6 heteroatoms. The van der Waals surface area contributed by atoms with Gasteiger partial charge in [0.25, 0.3) is 0 Å². The molecule has 0 aromatic heterocycles. The number of nitrogens with zero attached hydrogens (tertiary/aromatic N) is 1. The molecule has 0 aromatic rings. The molecule has 5 nitrogen and oxygen atoms in total. The van der Waals surface area contributed by atoms with Crippen molar-refractivity contribution in [1.82, 2.24) is 16.0 Å². The lowest BCUT2D eigenvalue weighted by molar-refractivity contribution is -0.120. The van der Waals surface area contributed by atoms with Gasteiger partial charge in [-0.2, -0.15) is 0 Å². The van der Waals surface area contributed by atoms with Crippen LogP contribution in [0.2, 0.25) is 0 Å². The zero-order valence-corrected chi connectivity index (χ0v) is 13.9. The molecule has 1 unspecified atom stereocenters. The second-order valence-corrected chi connectivity index (χ2v) is 4.94. The lowest BCUT2D eigenvalue weighted by atomic mass is 10.1. The number of carbonyl (C=O) groups excluding carboxylic acids is 1. The first-order valence-corrected chi connectivity index (χ1v) is 6.29. The third-order valence-electron chi connectivity index (χ3n) is 2.95. The molecule has 3 N–H and O–H groups in total. The zero-order valence-electron chi connectivity index (χ0n) is 11.6. The van der Waals surface area contributed by atoms with Crippen LogP contribution in [0.1, 0.15) is 33.6 Å². The first-order valence-electron chi connectivity index (χ1n) is 6.29. The lowest BCUT2D eigenvalue weighted by Crippen LogP contribution is -2.47. The van der Waals surface area contributed by atoms with E-state index in [1.165, 1.54) is 0 Å². The Morgan fingerprint density at radius 1 is 1.33 bits per heavy atom. The average molecular weight is 368 g/mol. The Bertz CT molecular complexity index is 290. The summed E-state index contributed by atoms with van der Waals surface area (Å²) in [5.41, 5.74) is 0.